The number of Topliss-reactive ketones (excluding diaryl/α,β-unsaturated/α-hetero) is 3. The number of rotatable bonds is 3. The SMILES string of the molecule is O=C(c1cccs1)[C@H]1[C@H](c2ccccc2F)C2(C(=O)c3ccccc3C2=O)[C@H]2C=Cc3cc(Cl)ccc3N12. The Labute approximate surface area is 227 Å². The molecule has 186 valence electrons. The molecule has 0 bridgehead atoms. The Morgan fingerprint density at radius 3 is 2.32 bits per heavy atom. The maximum Gasteiger partial charge on any atom is 0.195 e. The molecule has 7 heteroatoms. The summed E-state index contributed by atoms with van der Waals surface area (Å²) < 4.78 is 15.7. The Hall–Kier alpha value is -3.87. The van der Waals surface area contributed by atoms with Crippen molar-refractivity contribution in [2.45, 2.75) is 18.0 Å². The van der Waals surface area contributed by atoms with Gasteiger partial charge in [-0.25, -0.2) is 4.39 Å². The monoisotopic (exact) mass is 539 g/mol. The van der Waals surface area contributed by atoms with Crippen molar-refractivity contribution in [1.29, 1.82) is 0 Å². The van der Waals surface area contributed by atoms with E-state index < -0.39 is 29.2 Å². The summed E-state index contributed by atoms with van der Waals surface area (Å²) in [5.41, 5.74) is 0.494. The first-order valence-corrected chi connectivity index (χ1v) is 13.5. The van der Waals surface area contributed by atoms with E-state index in [1.165, 1.54) is 17.4 Å². The second kappa shape index (κ2) is 8.32. The zero-order chi connectivity index (χ0) is 26.2. The van der Waals surface area contributed by atoms with Gasteiger partial charge in [0.05, 0.1) is 10.9 Å². The van der Waals surface area contributed by atoms with Gasteiger partial charge in [0, 0.05) is 27.8 Å². The molecular formula is C31H19ClFNO3S. The summed E-state index contributed by atoms with van der Waals surface area (Å²) in [6.07, 6.45) is 3.64. The van der Waals surface area contributed by atoms with E-state index in [0.717, 1.165) is 5.56 Å². The van der Waals surface area contributed by atoms with Gasteiger partial charge in [0.25, 0.3) is 0 Å². The van der Waals surface area contributed by atoms with Crippen LogP contribution in [0.2, 0.25) is 5.02 Å². The van der Waals surface area contributed by atoms with Crippen LogP contribution in [-0.2, 0) is 0 Å². The molecule has 3 aromatic carbocycles. The molecule has 0 unspecified atom stereocenters. The van der Waals surface area contributed by atoms with Crippen molar-refractivity contribution in [3.8, 4) is 0 Å². The lowest BCUT2D eigenvalue weighted by molar-refractivity contribution is 0.0664. The smallest absolute Gasteiger partial charge is 0.195 e. The third kappa shape index (κ3) is 2.93. The number of carbonyl (C=O) groups is 3. The fourth-order valence-corrected chi connectivity index (χ4v) is 7.46. The number of thiophene rings is 1. The number of anilines is 1. The molecular weight excluding hydrogens is 521 g/mol. The molecule has 3 aliphatic rings. The molecule has 1 aromatic heterocycles. The van der Waals surface area contributed by atoms with Crippen LogP contribution in [0, 0.1) is 11.2 Å². The summed E-state index contributed by atoms with van der Waals surface area (Å²) in [6, 6.07) is 19.9. The summed E-state index contributed by atoms with van der Waals surface area (Å²) in [4.78, 5) is 45.6. The van der Waals surface area contributed by atoms with Gasteiger partial charge >= 0.3 is 0 Å². The third-order valence-electron chi connectivity index (χ3n) is 8.04. The summed E-state index contributed by atoms with van der Waals surface area (Å²) in [5.74, 6) is -2.66. The minimum absolute atomic E-state index is 0.176. The molecule has 1 saturated heterocycles. The molecule has 3 atom stereocenters. The molecule has 38 heavy (non-hydrogen) atoms. The van der Waals surface area contributed by atoms with Crippen LogP contribution in [-0.4, -0.2) is 29.4 Å². The number of ketones is 3. The van der Waals surface area contributed by atoms with Crippen LogP contribution >= 0.6 is 22.9 Å². The van der Waals surface area contributed by atoms with E-state index in [1.807, 2.05) is 11.0 Å². The highest BCUT2D eigenvalue weighted by Gasteiger charge is 2.71. The van der Waals surface area contributed by atoms with Gasteiger partial charge < -0.3 is 4.90 Å². The van der Waals surface area contributed by atoms with Crippen molar-refractivity contribution < 1.29 is 18.8 Å². The maximum atomic E-state index is 15.7. The summed E-state index contributed by atoms with van der Waals surface area (Å²) in [7, 11) is 0. The van der Waals surface area contributed by atoms with Gasteiger partial charge in [-0.2, -0.15) is 0 Å². The van der Waals surface area contributed by atoms with Crippen molar-refractivity contribution in [2.24, 2.45) is 5.41 Å². The van der Waals surface area contributed by atoms with Gasteiger partial charge in [0.1, 0.15) is 17.3 Å². The number of nitrogens with zero attached hydrogens (tertiary/aromatic N) is 1. The number of hydrogen-bond acceptors (Lipinski definition) is 5. The molecule has 4 aromatic rings. The Morgan fingerprint density at radius 2 is 1.63 bits per heavy atom. The topological polar surface area (TPSA) is 54.5 Å². The van der Waals surface area contributed by atoms with Gasteiger partial charge in [-0.3, -0.25) is 14.4 Å². The number of benzene rings is 3. The predicted octanol–water partition coefficient (Wildman–Crippen LogP) is 6.86. The molecule has 1 fully saturated rings. The highest BCUT2D eigenvalue weighted by molar-refractivity contribution is 7.12. The van der Waals surface area contributed by atoms with Gasteiger partial charge in [0.2, 0.25) is 0 Å². The average molecular weight is 540 g/mol. The number of halogens is 2. The molecule has 7 rings (SSSR count). The highest BCUT2D eigenvalue weighted by atomic mass is 35.5. The van der Waals surface area contributed by atoms with E-state index in [4.69, 9.17) is 11.6 Å². The van der Waals surface area contributed by atoms with E-state index in [9.17, 15) is 14.4 Å². The van der Waals surface area contributed by atoms with Gasteiger partial charge in [-0.05, 0) is 46.8 Å². The van der Waals surface area contributed by atoms with E-state index in [-0.39, 0.29) is 22.9 Å². The Morgan fingerprint density at radius 1 is 0.921 bits per heavy atom. The van der Waals surface area contributed by atoms with Crippen molar-refractivity contribution in [3.63, 3.8) is 0 Å². The van der Waals surface area contributed by atoms with E-state index >= 15 is 4.39 Å². The maximum absolute atomic E-state index is 15.7. The molecule has 1 aliphatic carbocycles. The number of hydrogen-bond donors (Lipinski definition) is 0. The third-order valence-corrected chi connectivity index (χ3v) is 9.16. The van der Waals surface area contributed by atoms with Crippen LogP contribution in [0.25, 0.3) is 6.08 Å². The zero-order valence-electron chi connectivity index (χ0n) is 19.8. The van der Waals surface area contributed by atoms with E-state index in [2.05, 4.69) is 0 Å². The lowest BCUT2D eigenvalue weighted by Gasteiger charge is -2.37. The molecule has 0 saturated carbocycles. The van der Waals surface area contributed by atoms with Crippen LogP contribution < -0.4 is 4.90 Å². The van der Waals surface area contributed by atoms with Crippen LogP contribution in [0.3, 0.4) is 0 Å². The van der Waals surface area contributed by atoms with Gasteiger partial charge in [-0.1, -0.05) is 72.3 Å². The number of carbonyl (C=O) groups excluding carboxylic acids is 3. The highest BCUT2D eigenvalue weighted by Crippen LogP contribution is 2.61. The lowest BCUT2D eigenvalue weighted by Crippen LogP contribution is -2.48. The minimum atomic E-state index is -1.72. The quantitative estimate of drug-likeness (QED) is 0.211. The van der Waals surface area contributed by atoms with Crippen LogP contribution in [0.4, 0.5) is 10.1 Å². The average Bonchev–Trinajstić information content (AvgIpc) is 3.62. The second-order valence-corrected chi connectivity index (χ2v) is 11.2. The lowest BCUT2D eigenvalue weighted by atomic mass is 9.64. The Balaban J connectivity index is 1.57. The predicted molar refractivity (Wildman–Crippen MR) is 146 cm³/mol. The molecule has 3 heterocycles. The van der Waals surface area contributed by atoms with Gasteiger partial charge in [-0.15, -0.1) is 11.3 Å². The van der Waals surface area contributed by atoms with Crippen molar-refractivity contribution in [2.75, 3.05) is 4.90 Å². The normalized spacial score (nSPS) is 22.5. The molecule has 1 spiro atoms. The first kappa shape index (κ1) is 23.3. The zero-order valence-corrected chi connectivity index (χ0v) is 21.4. The summed E-state index contributed by atoms with van der Waals surface area (Å²) in [6.45, 7) is 0. The largest absolute Gasteiger partial charge is 0.352 e. The fraction of sp³-hybridized carbons (Fsp3) is 0.129. The van der Waals surface area contributed by atoms with Crippen LogP contribution in [0.5, 0.6) is 0 Å². The van der Waals surface area contributed by atoms with Gasteiger partial charge in [0.15, 0.2) is 17.3 Å². The summed E-state index contributed by atoms with van der Waals surface area (Å²) >= 11 is 7.58. The van der Waals surface area contributed by atoms with E-state index in [0.29, 0.717) is 26.7 Å². The second-order valence-electron chi connectivity index (χ2n) is 9.77. The number of fused-ring (bicyclic) bond motifs is 5. The molecule has 4 nitrogen and oxygen atoms in total. The van der Waals surface area contributed by atoms with E-state index in [1.54, 1.807) is 84.3 Å². The molecule has 0 radical (unpaired) electrons. The summed E-state index contributed by atoms with van der Waals surface area (Å²) in [5, 5.41) is 2.33. The molecule has 0 N–H and O–H groups in total. The minimum Gasteiger partial charge on any atom is -0.352 e. The Kier molecular flexibility index (Phi) is 5.09. The van der Waals surface area contributed by atoms with Crippen LogP contribution in [0.15, 0.2) is 90.3 Å². The van der Waals surface area contributed by atoms with Crippen molar-refractivity contribution in [3.05, 3.63) is 128 Å². The van der Waals surface area contributed by atoms with Crippen molar-refractivity contribution in [1.82, 2.24) is 0 Å². The molecule has 0 amide bonds. The Bertz CT molecular complexity index is 1660. The first-order chi connectivity index (χ1) is 18.4. The van der Waals surface area contributed by atoms with Crippen molar-refractivity contribution >= 4 is 52.1 Å². The first-order valence-electron chi connectivity index (χ1n) is 12.2. The van der Waals surface area contributed by atoms with Crippen LogP contribution in [0.1, 0.15) is 47.4 Å². The molecule has 2 aliphatic heterocycles. The fourth-order valence-electron chi connectivity index (χ4n) is 6.58. The standard InChI is InChI=1S/C31H19ClFNO3S/c32-18-12-13-23-17(16-18)11-14-25-31(29(36)19-6-1-2-7-20(19)30(31)37)26(21-8-3-4-9-22(21)33)27(34(23)25)28(35)24-10-5-15-38-24/h1-16,25-27H/t25-,26+,27-/m1/s1.